The van der Waals surface area contributed by atoms with Crippen LogP contribution in [0.5, 0.6) is 5.75 Å². The molecule has 0 aliphatic heterocycles. The fraction of sp³-hybridized carbons (Fsp3) is 0.391. The number of carboxylic acids is 1. The van der Waals surface area contributed by atoms with Crippen LogP contribution in [-0.2, 0) is 10.2 Å². The van der Waals surface area contributed by atoms with Gasteiger partial charge < -0.3 is 9.84 Å². The third-order valence-electron chi connectivity index (χ3n) is 6.93. The molecule has 4 nitrogen and oxygen atoms in total. The predicted octanol–water partition coefficient (Wildman–Crippen LogP) is 4.70. The second-order valence-corrected chi connectivity index (χ2v) is 8.26. The van der Waals surface area contributed by atoms with Gasteiger partial charge in [0.15, 0.2) is 5.78 Å². The van der Waals surface area contributed by atoms with E-state index in [9.17, 15) is 14.7 Å². The smallest absolute Gasteiger partial charge is 0.303 e. The first kappa shape index (κ1) is 19.2. The Morgan fingerprint density at radius 3 is 2.15 bits per heavy atom. The maximum atomic E-state index is 13.3. The Balaban J connectivity index is 2.38. The highest BCUT2D eigenvalue weighted by atomic mass is 16.5. The Morgan fingerprint density at radius 1 is 1.00 bits per heavy atom. The van der Waals surface area contributed by atoms with Gasteiger partial charge in [-0.2, -0.15) is 0 Å². The summed E-state index contributed by atoms with van der Waals surface area (Å²) in [6, 6.07) is 15.3. The molecule has 0 heterocycles. The Morgan fingerprint density at radius 2 is 1.59 bits per heavy atom. The fourth-order valence-corrected chi connectivity index (χ4v) is 4.73. The van der Waals surface area contributed by atoms with Gasteiger partial charge in [-0.3, -0.25) is 9.59 Å². The number of ketones is 1. The van der Waals surface area contributed by atoms with Crippen molar-refractivity contribution in [2.75, 3.05) is 7.11 Å². The maximum absolute atomic E-state index is 13.3. The van der Waals surface area contributed by atoms with Crippen molar-refractivity contribution in [3.8, 4) is 5.75 Å². The molecule has 0 radical (unpaired) electrons. The molecular weight excluding hydrogens is 340 g/mol. The summed E-state index contributed by atoms with van der Waals surface area (Å²) in [5.74, 6) is -0.174. The number of rotatable bonds is 4. The number of fused-ring (bicyclic) bond motifs is 1. The molecule has 4 heteroatoms. The van der Waals surface area contributed by atoms with Gasteiger partial charge in [0.1, 0.15) is 5.75 Å². The Hall–Kier alpha value is -2.62. The van der Waals surface area contributed by atoms with E-state index in [0.717, 1.165) is 16.9 Å². The van der Waals surface area contributed by atoms with Gasteiger partial charge in [-0.1, -0.05) is 64.1 Å². The lowest BCUT2D eigenvalue weighted by atomic mass is 9.43. The molecule has 2 aromatic carbocycles. The number of carbonyl (C=O) groups is 2. The van der Waals surface area contributed by atoms with Gasteiger partial charge in [0.25, 0.3) is 0 Å². The zero-order valence-electron chi connectivity index (χ0n) is 16.5. The van der Waals surface area contributed by atoms with Gasteiger partial charge in [-0.05, 0) is 23.3 Å². The molecule has 1 aliphatic carbocycles. The monoisotopic (exact) mass is 366 g/mol. The van der Waals surface area contributed by atoms with E-state index in [1.807, 2.05) is 69.3 Å². The number of benzene rings is 2. The van der Waals surface area contributed by atoms with E-state index in [1.54, 1.807) is 7.11 Å². The van der Waals surface area contributed by atoms with E-state index >= 15 is 0 Å². The molecule has 3 rings (SSSR count). The standard InChI is InChI=1S/C23H26O4/c1-21(2)20(26)17-8-6-7-9-18(17)23(4,22(21,3)14-19(24)25)15-10-12-16(27-5)13-11-15/h6-13H,14H2,1-5H3,(H,24,25)/t22-,23-/m1/s1. The molecule has 0 spiro atoms. The average Bonchev–Trinajstić information content (AvgIpc) is 2.65. The van der Waals surface area contributed by atoms with Crippen molar-refractivity contribution < 1.29 is 19.4 Å². The highest BCUT2D eigenvalue weighted by molar-refractivity contribution is 6.04. The maximum Gasteiger partial charge on any atom is 0.303 e. The Kier molecular flexibility index (Phi) is 4.41. The minimum Gasteiger partial charge on any atom is -0.497 e. The topological polar surface area (TPSA) is 63.6 Å². The Bertz CT molecular complexity index is 897. The summed E-state index contributed by atoms with van der Waals surface area (Å²) in [6.45, 7) is 7.73. The lowest BCUT2D eigenvalue weighted by Crippen LogP contribution is -2.59. The van der Waals surface area contributed by atoms with Gasteiger partial charge in [-0.25, -0.2) is 0 Å². The quantitative estimate of drug-likeness (QED) is 0.851. The van der Waals surface area contributed by atoms with Crippen molar-refractivity contribution in [1.82, 2.24) is 0 Å². The molecule has 2 aromatic rings. The molecule has 27 heavy (non-hydrogen) atoms. The zero-order chi connectivity index (χ0) is 20.0. The molecule has 0 aromatic heterocycles. The van der Waals surface area contributed by atoms with Crippen LogP contribution in [0.4, 0.5) is 0 Å². The summed E-state index contributed by atoms with van der Waals surface area (Å²) < 4.78 is 5.29. The molecule has 1 N–H and O–H groups in total. The Labute approximate surface area is 160 Å². The average molecular weight is 366 g/mol. The van der Waals surface area contributed by atoms with E-state index in [1.165, 1.54) is 0 Å². The second-order valence-electron chi connectivity index (χ2n) is 8.26. The highest BCUT2D eigenvalue weighted by Gasteiger charge is 2.62. The van der Waals surface area contributed by atoms with Crippen LogP contribution in [0.15, 0.2) is 48.5 Å². The number of hydrogen-bond acceptors (Lipinski definition) is 3. The lowest BCUT2D eigenvalue weighted by molar-refractivity contribution is -0.143. The number of carboxylic acid groups (broad SMARTS) is 1. The number of methoxy groups -OCH3 is 1. The van der Waals surface area contributed by atoms with Crippen LogP contribution in [0.1, 0.15) is 55.6 Å². The highest BCUT2D eigenvalue weighted by Crippen LogP contribution is 2.62. The van der Waals surface area contributed by atoms with E-state index < -0.39 is 22.2 Å². The summed E-state index contributed by atoms with van der Waals surface area (Å²) in [4.78, 5) is 25.2. The second kappa shape index (κ2) is 6.22. The summed E-state index contributed by atoms with van der Waals surface area (Å²) in [5, 5.41) is 9.73. The van der Waals surface area contributed by atoms with Crippen LogP contribution < -0.4 is 4.74 Å². The van der Waals surface area contributed by atoms with E-state index in [4.69, 9.17) is 4.74 Å². The first-order valence-corrected chi connectivity index (χ1v) is 9.10. The van der Waals surface area contributed by atoms with Crippen molar-refractivity contribution in [2.45, 2.75) is 39.5 Å². The first-order chi connectivity index (χ1) is 12.6. The summed E-state index contributed by atoms with van der Waals surface area (Å²) in [6.07, 6.45) is -0.109. The van der Waals surface area contributed by atoms with Crippen molar-refractivity contribution in [3.63, 3.8) is 0 Å². The van der Waals surface area contributed by atoms with Gasteiger partial charge in [0, 0.05) is 21.8 Å². The van der Waals surface area contributed by atoms with Gasteiger partial charge >= 0.3 is 5.97 Å². The minimum atomic E-state index is -0.905. The van der Waals surface area contributed by atoms with E-state index in [-0.39, 0.29) is 12.2 Å². The number of carbonyl (C=O) groups excluding carboxylic acids is 1. The van der Waals surface area contributed by atoms with Crippen molar-refractivity contribution >= 4 is 11.8 Å². The zero-order valence-corrected chi connectivity index (χ0v) is 16.5. The van der Waals surface area contributed by atoms with Gasteiger partial charge in [0.05, 0.1) is 13.5 Å². The summed E-state index contributed by atoms with van der Waals surface area (Å²) >= 11 is 0. The van der Waals surface area contributed by atoms with Crippen LogP contribution in [0, 0.1) is 10.8 Å². The number of ether oxygens (including phenoxy) is 1. The molecule has 0 bridgehead atoms. The number of hydrogen-bond donors (Lipinski definition) is 1. The van der Waals surface area contributed by atoms with Crippen molar-refractivity contribution in [3.05, 3.63) is 65.2 Å². The summed E-state index contributed by atoms with van der Waals surface area (Å²) in [7, 11) is 1.61. The van der Waals surface area contributed by atoms with Crippen LogP contribution >= 0.6 is 0 Å². The fourth-order valence-electron chi connectivity index (χ4n) is 4.73. The van der Waals surface area contributed by atoms with Crippen LogP contribution in [-0.4, -0.2) is 24.0 Å². The van der Waals surface area contributed by atoms with Gasteiger partial charge in [-0.15, -0.1) is 0 Å². The lowest BCUT2D eigenvalue weighted by Gasteiger charge is -2.58. The molecule has 0 unspecified atom stereocenters. The molecule has 0 amide bonds. The largest absolute Gasteiger partial charge is 0.497 e. The SMILES string of the molecule is COc1ccc([C@]2(C)c3ccccc3C(=O)C(C)(C)[C@@]2(C)CC(=O)O)cc1. The molecule has 142 valence electrons. The van der Waals surface area contributed by atoms with Crippen LogP contribution in [0.25, 0.3) is 0 Å². The van der Waals surface area contributed by atoms with E-state index in [2.05, 4.69) is 6.92 Å². The predicted molar refractivity (Wildman–Crippen MR) is 104 cm³/mol. The van der Waals surface area contributed by atoms with Crippen molar-refractivity contribution in [2.24, 2.45) is 10.8 Å². The van der Waals surface area contributed by atoms with Gasteiger partial charge in [0.2, 0.25) is 0 Å². The van der Waals surface area contributed by atoms with E-state index in [0.29, 0.717) is 5.56 Å². The first-order valence-electron chi connectivity index (χ1n) is 9.10. The molecule has 0 fully saturated rings. The summed E-state index contributed by atoms with van der Waals surface area (Å²) in [5.41, 5.74) is 0.179. The number of Topliss-reactive ketones (excluding diaryl/α,β-unsaturated/α-hetero) is 1. The molecule has 0 saturated heterocycles. The number of aliphatic carboxylic acids is 1. The molecular formula is C23H26O4. The van der Waals surface area contributed by atoms with Crippen molar-refractivity contribution in [1.29, 1.82) is 0 Å². The third kappa shape index (κ3) is 2.50. The van der Waals surface area contributed by atoms with Crippen LogP contribution in [0.2, 0.25) is 0 Å². The minimum absolute atomic E-state index is 0.00663. The van der Waals surface area contributed by atoms with Crippen LogP contribution in [0.3, 0.4) is 0 Å². The third-order valence-corrected chi connectivity index (χ3v) is 6.93. The molecule has 2 atom stereocenters. The normalized spacial score (nSPS) is 26.3. The molecule has 1 aliphatic rings. The molecule has 0 saturated carbocycles.